The first-order valence-electron chi connectivity index (χ1n) is 6.09. The van der Waals surface area contributed by atoms with Crippen LogP contribution in [-0.2, 0) is 25.6 Å². The Hall–Kier alpha value is -0.800. The van der Waals surface area contributed by atoms with E-state index in [2.05, 4.69) is 15.5 Å². The monoisotopic (exact) mass is 291 g/mol. The van der Waals surface area contributed by atoms with Gasteiger partial charge in [0.15, 0.2) is 0 Å². The van der Waals surface area contributed by atoms with E-state index in [-0.39, 0.29) is 0 Å². The van der Waals surface area contributed by atoms with E-state index < -0.39 is 0 Å². The molecule has 1 rings (SSSR count). The number of anilines is 1. The van der Waals surface area contributed by atoms with E-state index in [0.29, 0.717) is 46.2 Å². The van der Waals surface area contributed by atoms with Gasteiger partial charge >= 0.3 is 0 Å². The van der Waals surface area contributed by atoms with Crippen molar-refractivity contribution in [3.05, 3.63) is 5.01 Å². The maximum atomic E-state index is 5.42. The van der Waals surface area contributed by atoms with Crippen LogP contribution in [0.3, 0.4) is 0 Å². The molecular weight excluding hydrogens is 270 g/mol. The van der Waals surface area contributed by atoms with Crippen LogP contribution in [0.25, 0.3) is 0 Å². The predicted molar refractivity (Wildman–Crippen MR) is 72.6 cm³/mol. The summed E-state index contributed by atoms with van der Waals surface area (Å²) in [6, 6.07) is 0. The molecule has 0 bridgehead atoms. The van der Waals surface area contributed by atoms with Gasteiger partial charge in [-0.05, 0) is 0 Å². The van der Waals surface area contributed by atoms with Gasteiger partial charge in [-0.15, -0.1) is 10.2 Å². The number of nitrogens with zero attached hydrogens (tertiary/aromatic N) is 2. The van der Waals surface area contributed by atoms with Gasteiger partial charge in [-0.3, -0.25) is 0 Å². The third-order valence-corrected chi connectivity index (χ3v) is 3.00. The van der Waals surface area contributed by atoms with E-state index >= 15 is 0 Å². The predicted octanol–water partition coefficient (Wildman–Crippen LogP) is 0.776. The summed E-state index contributed by atoms with van der Waals surface area (Å²) in [4.78, 5) is 0. The summed E-state index contributed by atoms with van der Waals surface area (Å²) < 4.78 is 20.9. The maximum Gasteiger partial charge on any atom is 0.205 e. The first kappa shape index (κ1) is 16.3. The molecule has 0 saturated heterocycles. The van der Waals surface area contributed by atoms with Crippen LogP contribution in [0.15, 0.2) is 0 Å². The number of ether oxygens (including phenoxy) is 4. The van der Waals surface area contributed by atoms with Crippen LogP contribution >= 0.6 is 11.3 Å². The van der Waals surface area contributed by atoms with Crippen LogP contribution in [-0.4, -0.2) is 64.0 Å². The second-order valence-corrected chi connectivity index (χ2v) is 4.58. The molecule has 8 heteroatoms. The van der Waals surface area contributed by atoms with E-state index in [1.807, 2.05) is 7.05 Å². The van der Waals surface area contributed by atoms with Crippen LogP contribution in [0.1, 0.15) is 5.01 Å². The van der Waals surface area contributed by atoms with Gasteiger partial charge in [-0.1, -0.05) is 11.3 Å². The van der Waals surface area contributed by atoms with Gasteiger partial charge in [0.2, 0.25) is 5.13 Å². The number of rotatable bonds is 12. The Balaban J connectivity index is 1.86. The fourth-order valence-electron chi connectivity index (χ4n) is 1.15. The minimum absolute atomic E-state index is 0.465. The lowest BCUT2D eigenvalue weighted by atomic mass is 10.7. The second-order valence-electron chi connectivity index (χ2n) is 3.52. The van der Waals surface area contributed by atoms with E-state index in [4.69, 9.17) is 18.9 Å². The molecule has 0 spiro atoms. The fourth-order valence-corrected chi connectivity index (χ4v) is 1.79. The van der Waals surface area contributed by atoms with Crippen LogP contribution in [0.2, 0.25) is 0 Å². The van der Waals surface area contributed by atoms with Gasteiger partial charge in [0.25, 0.3) is 0 Å². The molecule has 0 aromatic carbocycles. The molecule has 1 aromatic heterocycles. The van der Waals surface area contributed by atoms with E-state index in [9.17, 15) is 0 Å². The molecule has 19 heavy (non-hydrogen) atoms. The Bertz CT molecular complexity index is 325. The molecule has 7 nitrogen and oxygen atoms in total. The van der Waals surface area contributed by atoms with Crippen molar-refractivity contribution in [2.24, 2.45) is 0 Å². The highest BCUT2D eigenvalue weighted by Gasteiger charge is 2.01. The third kappa shape index (κ3) is 8.06. The summed E-state index contributed by atoms with van der Waals surface area (Å²) in [6.45, 7) is 3.90. The Morgan fingerprint density at radius 3 is 2.16 bits per heavy atom. The van der Waals surface area contributed by atoms with Crippen molar-refractivity contribution in [3.8, 4) is 0 Å². The molecule has 0 aliphatic heterocycles. The molecule has 1 N–H and O–H groups in total. The summed E-state index contributed by atoms with van der Waals surface area (Å²) in [6.07, 6.45) is 0. The van der Waals surface area contributed by atoms with Crippen molar-refractivity contribution in [2.75, 3.05) is 59.1 Å². The Labute approximate surface area is 117 Å². The van der Waals surface area contributed by atoms with Crippen molar-refractivity contribution < 1.29 is 18.9 Å². The standard InChI is InChI=1S/C11H21N3O4S/c1-12-11-14-13-10(19-11)9-18-8-7-17-6-5-16-4-3-15-2/h3-9H2,1-2H3,(H,12,14). The SMILES string of the molecule is CNc1nnc(COCCOCCOCCOC)s1. The Morgan fingerprint density at radius 1 is 0.947 bits per heavy atom. The summed E-state index contributed by atoms with van der Waals surface area (Å²) >= 11 is 1.48. The molecular formula is C11H21N3O4S. The van der Waals surface area contributed by atoms with Crippen molar-refractivity contribution in [3.63, 3.8) is 0 Å². The van der Waals surface area contributed by atoms with Crippen LogP contribution < -0.4 is 5.32 Å². The largest absolute Gasteiger partial charge is 0.382 e. The summed E-state index contributed by atoms with van der Waals surface area (Å²) in [5.41, 5.74) is 0. The molecule has 0 saturated carbocycles. The van der Waals surface area contributed by atoms with Crippen molar-refractivity contribution >= 4 is 16.5 Å². The highest BCUT2D eigenvalue weighted by atomic mass is 32.1. The van der Waals surface area contributed by atoms with Crippen molar-refractivity contribution in [1.29, 1.82) is 0 Å². The van der Waals surface area contributed by atoms with Gasteiger partial charge in [0, 0.05) is 14.2 Å². The van der Waals surface area contributed by atoms with Crippen LogP contribution in [0, 0.1) is 0 Å². The lowest BCUT2D eigenvalue weighted by Crippen LogP contribution is -2.11. The molecule has 0 unspecified atom stereocenters. The number of hydrogen-bond donors (Lipinski definition) is 1. The highest BCUT2D eigenvalue weighted by molar-refractivity contribution is 7.15. The number of methoxy groups -OCH3 is 1. The van der Waals surface area contributed by atoms with E-state index in [1.165, 1.54) is 11.3 Å². The first-order chi connectivity index (χ1) is 9.36. The molecule has 0 atom stereocenters. The zero-order chi connectivity index (χ0) is 13.8. The minimum Gasteiger partial charge on any atom is -0.382 e. The topological polar surface area (TPSA) is 74.7 Å². The molecule has 0 aliphatic carbocycles. The van der Waals surface area contributed by atoms with Crippen LogP contribution in [0.5, 0.6) is 0 Å². The number of nitrogens with one attached hydrogen (secondary N) is 1. The average molecular weight is 291 g/mol. The highest BCUT2D eigenvalue weighted by Crippen LogP contribution is 2.14. The summed E-state index contributed by atoms with van der Waals surface area (Å²) in [7, 11) is 3.46. The number of aromatic nitrogens is 2. The minimum atomic E-state index is 0.465. The zero-order valence-electron chi connectivity index (χ0n) is 11.4. The summed E-state index contributed by atoms with van der Waals surface area (Å²) in [5.74, 6) is 0. The molecule has 1 heterocycles. The Morgan fingerprint density at radius 2 is 1.58 bits per heavy atom. The normalized spacial score (nSPS) is 10.8. The number of hydrogen-bond acceptors (Lipinski definition) is 8. The maximum absolute atomic E-state index is 5.42. The van der Waals surface area contributed by atoms with Gasteiger partial charge in [-0.2, -0.15) is 0 Å². The third-order valence-electron chi connectivity index (χ3n) is 2.08. The Kier molecular flexibility index (Phi) is 9.46. The van der Waals surface area contributed by atoms with Crippen LogP contribution in [0.4, 0.5) is 5.13 Å². The summed E-state index contributed by atoms with van der Waals surface area (Å²) in [5, 5.41) is 12.5. The molecule has 0 fully saturated rings. The molecule has 0 aliphatic rings. The van der Waals surface area contributed by atoms with E-state index in [0.717, 1.165) is 10.1 Å². The lowest BCUT2D eigenvalue weighted by molar-refractivity contribution is 0.000794. The molecule has 110 valence electrons. The molecule has 0 amide bonds. The second kappa shape index (κ2) is 11.1. The van der Waals surface area contributed by atoms with Crippen molar-refractivity contribution in [2.45, 2.75) is 6.61 Å². The first-order valence-corrected chi connectivity index (χ1v) is 6.90. The zero-order valence-corrected chi connectivity index (χ0v) is 12.2. The van der Waals surface area contributed by atoms with Gasteiger partial charge in [-0.25, -0.2) is 0 Å². The fraction of sp³-hybridized carbons (Fsp3) is 0.818. The molecule has 0 radical (unpaired) electrons. The van der Waals surface area contributed by atoms with Gasteiger partial charge in [0.05, 0.1) is 39.6 Å². The quantitative estimate of drug-likeness (QED) is 0.570. The molecule has 1 aromatic rings. The smallest absolute Gasteiger partial charge is 0.205 e. The lowest BCUT2D eigenvalue weighted by Gasteiger charge is -2.05. The van der Waals surface area contributed by atoms with Gasteiger partial charge in [0.1, 0.15) is 11.6 Å². The van der Waals surface area contributed by atoms with Crippen molar-refractivity contribution in [1.82, 2.24) is 10.2 Å². The average Bonchev–Trinajstić information content (AvgIpc) is 2.89. The van der Waals surface area contributed by atoms with E-state index in [1.54, 1.807) is 7.11 Å². The van der Waals surface area contributed by atoms with Gasteiger partial charge < -0.3 is 24.3 Å².